The highest BCUT2D eigenvalue weighted by Gasteiger charge is 2.31. The van der Waals surface area contributed by atoms with Gasteiger partial charge in [-0.15, -0.1) is 0 Å². The summed E-state index contributed by atoms with van der Waals surface area (Å²) in [4.78, 5) is 27.7. The van der Waals surface area contributed by atoms with Gasteiger partial charge in [-0.05, 0) is 23.8 Å². The van der Waals surface area contributed by atoms with Crippen LogP contribution < -0.4 is 0 Å². The van der Waals surface area contributed by atoms with Gasteiger partial charge in [-0.25, -0.2) is 0 Å². The highest BCUT2D eigenvalue weighted by atomic mass is 19.4. The van der Waals surface area contributed by atoms with Gasteiger partial charge in [0.25, 0.3) is 5.91 Å². The zero-order chi connectivity index (χ0) is 18.7. The Morgan fingerprint density at radius 3 is 2.31 bits per heavy atom. The van der Waals surface area contributed by atoms with Crippen molar-refractivity contribution >= 4 is 11.8 Å². The number of halogens is 3. The van der Waals surface area contributed by atoms with E-state index in [2.05, 4.69) is 0 Å². The molecule has 1 aliphatic rings. The fourth-order valence-electron chi connectivity index (χ4n) is 2.86. The van der Waals surface area contributed by atoms with Crippen LogP contribution in [-0.4, -0.2) is 47.8 Å². The van der Waals surface area contributed by atoms with E-state index in [4.69, 9.17) is 4.42 Å². The van der Waals surface area contributed by atoms with Gasteiger partial charge in [0.1, 0.15) is 0 Å². The zero-order valence-electron chi connectivity index (χ0n) is 13.8. The first kappa shape index (κ1) is 18.0. The molecule has 8 heteroatoms. The molecule has 0 saturated carbocycles. The number of carbonyl (C=O) groups excluding carboxylic acids is 2. The average molecular weight is 366 g/mol. The highest BCUT2D eigenvalue weighted by Crippen LogP contribution is 2.29. The molecule has 0 aliphatic carbocycles. The number of carbonyl (C=O) groups is 2. The van der Waals surface area contributed by atoms with Crippen molar-refractivity contribution in [3.63, 3.8) is 0 Å². The van der Waals surface area contributed by atoms with Crippen molar-refractivity contribution in [3.8, 4) is 0 Å². The van der Waals surface area contributed by atoms with Gasteiger partial charge in [0, 0.05) is 26.2 Å². The highest BCUT2D eigenvalue weighted by molar-refractivity contribution is 5.91. The average Bonchev–Trinajstić information content (AvgIpc) is 3.15. The van der Waals surface area contributed by atoms with E-state index in [1.165, 1.54) is 18.4 Å². The third-order valence-corrected chi connectivity index (χ3v) is 4.26. The third-order valence-electron chi connectivity index (χ3n) is 4.26. The molecule has 2 aromatic rings. The van der Waals surface area contributed by atoms with Crippen LogP contribution in [0.15, 0.2) is 47.1 Å². The number of amides is 2. The van der Waals surface area contributed by atoms with Crippen LogP contribution in [0.3, 0.4) is 0 Å². The van der Waals surface area contributed by atoms with Crippen LogP contribution in [0.5, 0.6) is 0 Å². The van der Waals surface area contributed by atoms with E-state index in [-0.39, 0.29) is 24.0 Å². The Labute approximate surface area is 148 Å². The number of piperazine rings is 1. The van der Waals surface area contributed by atoms with Gasteiger partial charge in [-0.3, -0.25) is 9.59 Å². The van der Waals surface area contributed by atoms with Crippen molar-refractivity contribution < 1.29 is 27.2 Å². The molecule has 2 amide bonds. The van der Waals surface area contributed by atoms with E-state index in [1.54, 1.807) is 21.9 Å². The monoisotopic (exact) mass is 366 g/mol. The number of rotatable bonds is 3. The Hall–Kier alpha value is -2.77. The van der Waals surface area contributed by atoms with Gasteiger partial charge in [0.2, 0.25) is 5.91 Å². The summed E-state index contributed by atoms with van der Waals surface area (Å²) in [5, 5.41) is 0. The molecule has 26 heavy (non-hydrogen) atoms. The Bertz CT molecular complexity index is 779. The van der Waals surface area contributed by atoms with Crippen molar-refractivity contribution in [2.75, 3.05) is 26.2 Å². The van der Waals surface area contributed by atoms with Crippen LogP contribution in [0.25, 0.3) is 0 Å². The molecule has 0 unspecified atom stereocenters. The summed E-state index contributed by atoms with van der Waals surface area (Å²) in [6.45, 7) is 1.39. The summed E-state index contributed by atoms with van der Waals surface area (Å²) in [5.74, 6) is -0.247. The second-order valence-corrected chi connectivity index (χ2v) is 6.03. The quantitative estimate of drug-likeness (QED) is 0.839. The Morgan fingerprint density at radius 1 is 1.00 bits per heavy atom. The van der Waals surface area contributed by atoms with Crippen molar-refractivity contribution in [3.05, 3.63) is 59.5 Å². The topological polar surface area (TPSA) is 53.8 Å². The van der Waals surface area contributed by atoms with E-state index in [0.29, 0.717) is 31.7 Å². The number of alkyl halides is 3. The number of hydrogen-bond donors (Lipinski definition) is 0. The summed E-state index contributed by atoms with van der Waals surface area (Å²) in [6.07, 6.45) is -3.12. The number of hydrogen-bond acceptors (Lipinski definition) is 3. The van der Waals surface area contributed by atoms with Crippen molar-refractivity contribution in [1.29, 1.82) is 0 Å². The minimum absolute atomic E-state index is 0.101. The summed E-state index contributed by atoms with van der Waals surface area (Å²) >= 11 is 0. The minimum Gasteiger partial charge on any atom is -0.459 e. The fraction of sp³-hybridized carbons (Fsp3) is 0.333. The van der Waals surface area contributed by atoms with Gasteiger partial charge in [-0.2, -0.15) is 13.2 Å². The molecule has 2 heterocycles. The number of nitrogens with zero attached hydrogens (tertiary/aromatic N) is 2. The Morgan fingerprint density at radius 2 is 1.69 bits per heavy atom. The molecule has 1 aliphatic heterocycles. The molecule has 0 spiro atoms. The maximum atomic E-state index is 12.8. The predicted molar refractivity (Wildman–Crippen MR) is 86.3 cm³/mol. The van der Waals surface area contributed by atoms with Gasteiger partial charge >= 0.3 is 6.18 Å². The van der Waals surface area contributed by atoms with Gasteiger partial charge in [-0.1, -0.05) is 18.2 Å². The van der Waals surface area contributed by atoms with Gasteiger partial charge in [0.15, 0.2) is 5.76 Å². The SMILES string of the molecule is O=C(Cc1cccc(C(F)(F)F)c1)N1CCN(C(=O)c2ccco2)CC1. The van der Waals surface area contributed by atoms with Crippen LogP contribution in [0, 0.1) is 0 Å². The molecule has 0 radical (unpaired) electrons. The number of benzene rings is 1. The van der Waals surface area contributed by atoms with Crippen LogP contribution in [-0.2, 0) is 17.4 Å². The maximum Gasteiger partial charge on any atom is 0.416 e. The second kappa shape index (κ2) is 7.23. The fourth-order valence-corrected chi connectivity index (χ4v) is 2.86. The molecule has 1 aromatic heterocycles. The van der Waals surface area contributed by atoms with Crippen molar-refractivity contribution in [1.82, 2.24) is 9.80 Å². The Kier molecular flexibility index (Phi) is 5.01. The standard InChI is InChI=1S/C18H17F3N2O3/c19-18(20,21)14-4-1-3-13(11-14)12-16(24)22-6-8-23(9-7-22)17(25)15-5-2-10-26-15/h1-5,10-11H,6-9,12H2. The largest absolute Gasteiger partial charge is 0.459 e. The molecule has 0 bridgehead atoms. The summed E-state index contributed by atoms with van der Waals surface area (Å²) < 4.78 is 43.3. The smallest absolute Gasteiger partial charge is 0.416 e. The molecule has 0 N–H and O–H groups in total. The maximum absolute atomic E-state index is 12.8. The first-order valence-electron chi connectivity index (χ1n) is 8.11. The van der Waals surface area contributed by atoms with E-state index in [0.717, 1.165) is 12.1 Å². The third kappa shape index (κ3) is 4.07. The number of furan rings is 1. The van der Waals surface area contributed by atoms with Crippen LogP contribution in [0.4, 0.5) is 13.2 Å². The van der Waals surface area contributed by atoms with Gasteiger partial charge in [0.05, 0.1) is 18.2 Å². The van der Waals surface area contributed by atoms with E-state index in [1.807, 2.05) is 0 Å². The molecule has 3 rings (SSSR count). The predicted octanol–water partition coefficient (Wildman–Crippen LogP) is 2.83. The Balaban J connectivity index is 1.57. The molecule has 1 aromatic carbocycles. The molecular weight excluding hydrogens is 349 g/mol. The van der Waals surface area contributed by atoms with Crippen molar-refractivity contribution in [2.45, 2.75) is 12.6 Å². The zero-order valence-corrected chi connectivity index (χ0v) is 13.8. The van der Waals surface area contributed by atoms with Crippen LogP contribution in [0.1, 0.15) is 21.7 Å². The first-order chi connectivity index (χ1) is 12.3. The van der Waals surface area contributed by atoms with Crippen LogP contribution in [0.2, 0.25) is 0 Å². The molecule has 5 nitrogen and oxygen atoms in total. The molecule has 1 fully saturated rings. The van der Waals surface area contributed by atoms with Crippen molar-refractivity contribution in [2.24, 2.45) is 0 Å². The summed E-state index contributed by atoms with van der Waals surface area (Å²) in [7, 11) is 0. The van der Waals surface area contributed by atoms with E-state index in [9.17, 15) is 22.8 Å². The van der Waals surface area contributed by atoms with Crippen LogP contribution >= 0.6 is 0 Å². The molecule has 0 atom stereocenters. The van der Waals surface area contributed by atoms with E-state index >= 15 is 0 Å². The lowest BCUT2D eigenvalue weighted by Crippen LogP contribution is -2.50. The minimum atomic E-state index is -4.43. The first-order valence-corrected chi connectivity index (χ1v) is 8.11. The lowest BCUT2D eigenvalue weighted by molar-refractivity contribution is -0.138. The van der Waals surface area contributed by atoms with Gasteiger partial charge < -0.3 is 14.2 Å². The summed E-state index contributed by atoms with van der Waals surface area (Å²) in [6, 6.07) is 7.98. The lowest BCUT2D eigenvalue weighted by atomic mass is 10.1. The normalized spacial score (nSPS) is 15.2. The molecule has 138 valence electrons. The second-order valence-electron chi connectivity index (χ2n) is 6.03. The van der Waals surface area contributed by atoms with E-state index < -0.39 is 11.7 Å². The molecule has 1 saturated heterocycles. The summed E-state index contributed by atoms with van der Waals surface area (Å²) in [5.41, 5.74) is -0.449. The molecular formula is C18H17F3N2O3. The lowest BCUT2D eigenvalue weighted by Gasteiger charge is -2.34.